The molecule has 7 heteroatoms. The number of nitrogens with zero attached hydrogens (tertiary/aromatic N) is 2. The van der Waals surface area contributed by atoms with Gasteiger partial charge in [0, 0.05) is 23.8 Å². The zero-order chi connectivity index (χ0) is 19.1. The smallest absolute Gasteiger partial charge is 0.338 e. The van der Waals surface area contributed by atoms with Crippen molar-refractivity contribution in [2.45, 2.75) is 6.92 Å². The van der Waals surface area contributed by atoms with Gasteiger partial charge in [-0.2, -0.15) is 0 Å². The van der Waals surface area contributed by atoms with E-state index in [1.807, 2.05) is 30.3 Å². The van der Waals surface area contributed by atoms with Crippen molar-refractivity contribution < 1.29 is 14.3 Å². The highest BCUT2D eigenvalue weighted by atomic mass is 16.5. The van der Waals surface area contributed by atoms with Crippen molar-refractivity contribution in [1.82, 2.24) is 9.97 Å². The van der Waals surface area contributed by atoms with Crippen LogP contribution >= 0.6 is 0 Å². The zero-order valence-electron chi connectivity index (χ0n) is 14.7. The molecule has 2 aromatic carbocycles. The minimum atomic E-state index is -0.398. The number of rotatable bonds is 6. The van der Waals surface area contributed by atoms with Gasteiger partial charge < -0.3 is 15.4 Å². The van der Waals surface area contributed by atoms with Crippen LogP contribution in [0, 0.1) is 0 Å². The highest BCUT2D eigenvalue weighted by Crippen LogP contribution is 2.14. The lowest BCUT2D eigenvalue weighted by atomic mass is 10.2. The molecule has 0 aliphatic heterocycles. The lowest BCUT2D eigenvalue weighted by molar-refractivity contribution is 0.0526. The Morgan fingerprint density at radius 3 is 2.19 bits per heavy atom. The van der Waals surface area contributed by atoms with Crippen LogP contribution in [0.15, 0.2) is 67.0 Å². The third kappa shape index (κ3) is 4.88. The van der Waals surface area contributed by atoms with E-state index < -0.39 is 5.97 Å². The molecule has 0 saturated heterocycles. The zero-order valence-corrected chi connectivity index (χ0v) is 14.7. The summed E-state index contributed by atoms with van der Waals surface area (Å²) in [5.41, 5.74) is 2.16. The molecule has 0 atom stereocenters. The SMILES string of the molecule is CCOC(=O)c1ccc(NC(=O)c2cnc(Nc3ccccc3)nc2)cc1. The molecule has 0 unspecified atom stereocenters. The second kappa shape index (κ2) is 8.57. The summed E-state index contributed by atoms with van der Waals surface area (Å²) < 4.78 is 4.92. The van der Waals surface area contributed by atoms with E-state index in [1.54, 1.807) is 31.2 Å². The van der Waals surface area contributed by atoms with Crippen molar-refractivity contribution in [3.63, 3.8) is 0 Å². The number of hydrogen-bond acceptors (Lipinski definition) is 6. The Hall–Kier alpha value is -3.74. The van der Waals surface area contributed by atoms with Gasteiger partial charge in [-0.25, -0.2) is 14.8 Å². The van der Waals surface area contributed by atoms with Crippen molar-refractivity contribution in [2.75, 3.05) is 17.2 Å². The Kier molecular flexibility index (Phi) is 5.73. The van der Waals surface area contributed by atoms with E-state index in [0.717, 1.165) is 5.69 Å². The molecule has 27 heavy (non-hydrogen) atoms. The number of esters is 1. The van der Waals surface area contributed by atoms with Crippen LogP contribution < -0.4 is 10.6 Å². The van der Waals surface area contributed by atoms with E-state index in [9.17, 15) is 9.59 Å². The normalized spacial score (nSPS) is 10.1. The monoisotopic (exact) mass is 362 g/mol. The fourth-order valence-electron chi connectivity index (χ4n) is 2.27. The van der Waals surface area contributed by atoms with Gasteiger partial charge in [-0.15, -0.1) is 0 Å². The predicted octanol–water partition coefficient (Wildman–Crippen LogP) is 3.65. The summed E-state index contributed by atoms with van der Waals surface area (Å²) in [6.07, 6.45) is 2.89. The largest absolute Gasteiger partial charge is 0.462 e. The van der Waals surface area contributed by atoms with Gasteiger partial charge in [0.15, 0.2) is 0 Å². The molecule has 0 spiro atoms. The minimum absolute atomic E-state index is 0.312. The number of carbonyl (C=O) groups excluding carboxylic acids is 2. The number of aromatic nitrogens is 2. The van der Waals surface area contributed by atoms with Crippen molar-refractivity contribution in [2.24, 2.45) is 0 Å². The summed E-state index contributed by atoms with van der Waals surface area (Å²) in [7, 11) is 0. The van der Waals surface area contributed by atoms with Crippen LogP contribution in [-0.4, -0.2) is 28.5 Å². The van der Waals surface area contributed by atoms with Crippen molar-refractivity contribution in [3.8, 4) is 0 Å². The molecule has 2 N–H and O–H groups in total. The number of ether oxygens (including phenoxy) is 1. The number of amides is 1. The van der Waals surface area contributed by atoms with Crippen molar-refractivity contribution in [1.29, 1.82) is 0 Å². The fourth-order valence-corrected chi connectivity index (χ4v) is 2.27. The minimum Gasteiger partial charge on any atom is -0.462 e. The van der Waals surface area contributed by atoms with Gasteiger partial charge in [0.1, 0.15) is 0 Å². The predicted molar refractivity (Wildman–Crippen MR) is 102 cm³/mol. The van der Waals surface area contributed by atoms with Gasteiger partial charge >= 0.3 is 5.97 Å². The summed E-state index contributed by atoms with van der Waals surface area (Å²) in [6.45, 7) is 2.06. The summed E-state index contributed by atoms with van der Waals surface area (Å²) in [4.78, 5) is 32.2. The number of carbonyl (C=O) groups is 2. The fraction of sp³-hybridized carbons (Fsp3) is 0.100. The quantitative estimate of drug-likeness (QED) is 0.650. The third-order valence-corrected chi connectivity index (χ3v) is 3.60. The molecule has 0 radical (unpaired) electrons. The van der Waals surface area contributed by atoms with Crippen LogP contribution in [0.2, 0.25) is 0 Å². The lowest BCUT2D eigenvalue weighted by Gasteiger charge is -2.07. The second-order valence-electron chi connectivity index (χ2n) is 5.54. The first-order chi connectivity index (χ1) is 13.2. The Balaban J connectivity index is 1.61. The number of para-hydroxylation sites is 1. The van der Waals surface area contributed by atoms with Gasteiger partial charge in [-0.3, -0.25) is 4.79 Å². The topological polar surface area (TPSA) is 93.2 Å². The Bertz CT molecular complexity index is 910. The van der Waals surface area contributed by atoms with Gasteiger partial charge in [-0.1, -0.05) is 18.2 Å². The van der Waals surface area contributed by atoms with Crippen LogP contribution in [0.25, 0.3) is 0 Å². The molecule has 3 rings (SSSR count). The third-order valence-electron chi connectivity index (χ3n) is 3.60. The van der Waals surface area contributed by atoms with Crippen LogP contribution in [0.1, 0.15) is 27.6 Å². The van der Waals surface area contributed by atoms with E-state index in [0.29, 0.717) is 29.4 Å². The summed E-state index contributed by atoms with van der Waals surface area (Å²) in [5.74, 6) is -0.341. The molecule has 7 nitrogen and oxygen atoms in total. The van der Waals surface area contributed by atoms with Gasteiger partial charge in [0.2, 0.25) is 5.95 Å². The van der Waals surface area contributed by atoms with E-state index in [-0.39, 0.29) is 5.91 Å². The summed E-state index contributed by atoms with van der Waals surface area (Å²) in [6, 6.07) is 16.0. The summed E-state index contributed by atoms with van der Waals surface area (Å²) >= 11 is 0. The van der Waals surface area contributed by atoms with Gasteiger partial charge in [0.25, 0.3) is 5.91 Å². The first-order valence-electron chi connectivity index (χ1n) is 8.38. The average Bonchev–Trinajstić information content (AvgIpc) is 2.70. The molecule has 3 aromatic rings. The number of benzene rings is 2. The average molecular weight is 362 g/mol. The standard InChI is InChI=1S/C20H18N4O3/c1-2-27-19(26)14-8-10-17(11-9-14)23-18(25)15-12-21-20(22-13-15)24-16-6-4-3-5-7-16/h3-13H,2H2,1H3,(H,23,25)(H,21,22,24). The first-order valence-corrected chi connectivity index (χ1v) is 8.38. The van der Waals surface area contributed by atoms with E-state index in [4.69, 9.17) is 4.74 Å². The van der Waals surface area contributed by atoms with E-state index >= 15 is 0 Å². The second-order valence-corrected chi connectivity index (χ2v) is 5.54. The Morgan fingerprint density at radius 2 is 1.56 bits per heavy atom. The van der Waals surface area contributed by atoms with E-state index in [2.05, 4.69) is 20.6 Å². The molecule has 1 amide bonds. The molecule has 0 bridgehead atoms. The maximum Gasteiger partial charge on any atom is 0.338 e. The maximum atomic E-state index is 12.3. The maximum absolute atomic E-state index is 12.3. The highest BCUT2D eigenvalue weighted by molar-refractivity contribution is 6.04. The van der Waals surface area contributed by atoms with Crippen molar-refractivity contribution >= 4 is 29.2 Å². The Labute approximate surface area is 156 Å². The molecular weight excluding hydrogens is 344 g/mol. The number of anilines is 3. The Morgan fingerprint density at radius 1 is 0.889 bits per heavy atom. The van der Waals surface area contributed by atoms with Gasteiger partial charge in [-0.05, 0) is 43.3 Å². The molecule has 0 aliphatic carbocycles. The van der Waals surface area contributed by atoms with Crippen LogP contribution in [0.4, 0.5) is 17.3 Å². The van der Waals surface area contributed by atoms with E-state index in [1.165, 1.54) is 12.4 Å². The van der Waals surface area contributed by atoms with Crippen LogP contribution in [0.5, 0.6) is 0 Å². The number of nitrogens with one attached hydrogen (secondary N) is 2. The molecule has 0 saturated carbocycles. The molecule has 1 heterocycles. The first kappa shape index (κ1) is 18.1. The van der Waals surface area contributed by atoms with Gasteiger partial charge in [0.05, 0.1) is 17.7 Å². The van der Waals surface area contributed by atoms with Crippen molar-refractivity contribution in [3.05, 3.63) is 78.1 Å². The summed E-state index contributed by atoms with van der Waals surface area (Å²) in [5, 5.41) is 5.78. The van der Waals surface area contributed by atoms with Crippen LogP contribution in [-0.2, 0) is 4.74 Å². The lowest BCUT2D eigenvalue weighted by Crippen LogP contribution is -2.13. The molecular formula is C20H18N4O3. The molecule has 1 aromatic heterocycles. The molecule has 0 aliphatic rings. The number of hydrogen-bond donors (Lipinski definition) is 2. The molecule has 0 fully saturated rings. The molecule has 136 valence electrons. The van der Waals surface area contributed by atoms with Crippen LogP contribution in [0.3, 0.4) is 0 Å². The highest BCUT2D eigenvalue weighted by Gasteiger charge is 2.10.